The third-order valence-electron chi connectivity index (χ3n) is 4.27. The van der Waals surface area contributed by atoms with Crippen LogP contribution < -0.4 is 9.54 Å². The van der Waals surface area contributed by atoms with Gasteiger partial charge in [0.1, 0.15) is 5.75 Å². The van der Waals surface area contributed by atoms with Gasteiger partial charge in [-0.15, -0.1) is 0 Å². The maximum absolute atomic E-state index is 12.5. The molecular formula is C20H22N2O2S. The molecule has 0 saturated heterocycles. The molecule has 0 bridgehead atoms. The highest BCUT2D eigenvalue weighted by Gasteiger charge is 2.09. The Morgan fingerprint density at radius 1 is 1.20 bits per heavy atom. The normalized spacial score (nSPS) is 11.9. The van der Waals surface area contributed by atoms with Crippen molar-refractivity contribution in [2.24, 2.45) is 4.99 Å². The number of rotatable bonds is 4. The third kappa shape index (κ3) is 3.66. The molecule has 0 aliphatic heterocycles. The first kappa shape index (κ1) is 17.4. The highest BCUT2D eigenvalue weighted by atomic mass is 32.1. The van der Waals surface area contributed by atoms with Crippen molar-refractivity contribution in [2.75, 3.05) is 7.11 Å². The summed E-state index contributed by atoms with van der Waals surface area (Å²) >= 11 is 1.52. The molecule has 130 valence electrons. The Morgan fingerprint density at radius 2 is 2.00 bits per heavy atom. The fourth-order valence-electron chi connectivity index (χ4n) is 2.92. The summed E-state index contributed by atoms with van der Waals surface area (Å²) in [6, 6.07) is 12.1. The number of benzene rings is 2. The topological polar surface area (TPSA) is 43.6 Å². The van der Waals surface area contributed by atoms with E-state index in [2.05, 4.69) is 29.5 Å². The molecule has 3 aromatic rings. The predicted octanol–water partition coefficient (Wildman–Crippen LogP) is 4.02. The summed E-state index contributed by atoms with van der Waals surface area (Å²) in [5.41, 5.74) is 4.44. The summed E-state index contributed by atoms with van der Waals surface area (Å²) in [5.74, 6) is 0.692. The van der Waals surface area contributed by atoms with Crippen LogP contribution in [-0.4, -0.2) is 17.6 Å². The van der Waals surface area contributed by atoms with Crippen LogP contribution in [0.25, 0.3) is 10.2 Å². The number of methoxy groups -OCH3 is 1. The van der Waals surface area contributed by atoms with Gasteiger partial charge in [0.25, 0.3) is 5.91 Å². The molecule has 5 heteroatoms. The van der Waals surface area contributed by atoms with Gasteiger partial charge in [0, 0.05) is 6.54 Å². The van der Waals surface area contributed by atoms with Crippen LogP contribution >= 0.6 is 11.3 Å². The summed E-state index contributed by atoms with van der Waals surface area (Å²) in [5, 5.41) is 0. The van der Waals surface area contributed by atoms with Crippen molar-refractivity contribution >= 4 is 27.5 Å². The smallest absolute Gasteiger partial charge is 0.252 e. The summed E-state index contributed by atoms with van der Waals surface area (Å²) in [7, 11) is 1.65. The van der Waals surface area contributed by atoms with Gasteiger partial charge in [0.15, 0.2) is 4.80 Å². The Hall–Kier alpha value is -2.40. The molecule has 0 radical (unpaired) electrons. The molecule has 0 aliphatic rings. The minimum absolute atomic E-state index is 0.118. The van der Waals surface area contributed by atoms with Crippen molar-refractivity contribution in [1.29, 1.82) is 0 Å². The Kier molecular flexibility index (Phi) is 5.04. The van der Waals surface area contributed by atoms with Crippen LogP contribution in [0.4, 0.5) is 0 Å². The first-order valence-corrected chi connectivity index (χ1v) is 9.14. The van der Waals surface area contributed by atoms with E-state index in [1.165, 1.54) is 16.9 Å². The molecule has 2 aromatic carbocycles. The standard InChI is InChI=1S/C20H22N2O2S/c1-5-22-17-9-8-16(24-4)12-18(17)25-20(22)21-19(23)11-15-7-6-13(2)10-14(15)3/h6-10,12H,5,11H2,1-4H3. The van der Waals surface area contributed by atoms with Crippen molar-refractivity contribution in [1.82, 2.24) is 4.57 Å². The Labute approximate surface area is 151 Å². The molecule has 3 rings (SSSR count). The average molecular weight is 354 g/mol. The van der Waals surface area contributed by atoms with Gasteiger partial charge in [0.05, 0.1) is 23.7 Å². The predicted molar refractivity (Wildman–Crippen MR) is 102 cm³/mol. The van der Waals surface area contributed by atoms with Crippen LogP contribution in [0.5, 0.6) is 5.75 Å². The molecule has 1 aromatic heterocycles. The lowest BCUT2D eigenvalue weighted by Crippen LogP contribution is -2.16. The largest absolute Gasteiger partial charge is 0.497 e. The van der Waals surface area contributed by atoms with E-state index in [4.69, 9.17) is 4.74 Å². The Balaban J connectivity index is 1.98. The number of amides is 1. The van der Waals surface area contributed by atoms with Gasteiger partial charge < -0.3 is 9.30 Å². The second-order valence-corrected chi connectivity index (χ2v) is 7.08. The van der Waals surface area contributed by atoms with Crippen LogP contribution in [0.3, 0.4) is 0 Å². The number of aromatic nitrogens is 1. The van der Waals surface area contributed by atoms with Gasteiger partial charge in [0.2, 0.25) is 0 Å². The number of nitrogens with zero attached hydrogens (tertiary/aromatic N) is 2. The molecular weight excluding hydrogens is 332 g/mol. The minimum atomic E-state index is -0.118. The molecule has 0 saturated carbocycles. The van der Waals surface area contributed by atoms with Gasteiger partial charge in [-0.25, -0.2) is 0 Å². The van der Waals surface area contributed by atoms with E-state index in [-0.39, 0.29) is 5.91 Å². The van der Waals surface area contributed by atoms with Crippen LogP contribution in [0.15, 0.2) is 41.4 Å². The summed E-state index contributed by atoms with van der Waals surface area (Å²) < 4.78 is 8.43. The fraction of sp³-hybridized carbons (Fsp3) is 0.300. The number of thiazole rings is 1. The lowest BCUT2D eigenvalue weighted by Gasteiger charge is -2.04. The maximum atomic E-state index is 12.5. The molecule has 0 atom stereocenters. The molecule has 0 aliphatic carbocycles. The number of aryl methyl sites for hydroxylation is 3. The van der Waals surface area contributed by atoms with Crippen molar-refractivity contribution in [2.45, 2.75) is 33.7 Å². The fourth-order valence-corrected chi connectivity index (χ4v) is 4.06. The second kappa shape index (κ2) is 7.23. The van der Waals surface area contributed by atoms with Crippen molar-refractivity contribution < 1.29 is 9.53 Å². The van der Waals surface area contributed by atoms with E-state index in [9.17, 15) is 4.79 Å². The van der Waals surface area contributed by atoms with Gasteiger partial charge in [-0.05, 0) is 50.1 Å². The van der Waals surface area contributed by atoms with Gasteiger partial charge >= 0.3 is 0 Å². The van der Waals surface area contributed by atoms with E-state index >= 15 is 0 Å². The lowest BCUT2D eigenvalue weighted by molar-refractivity contribution is -0.117. The zero-order valence-electron chi connectivity index (χ0n) is 15.0. The highest BCUT2D eigenvalue weighted by Crippen LogP contribution is 2.23. The number of hydrogen-bond acceptors (Lipinski definition) is 3. The minimum Gasteiger partial charge on any atom is -0.497 e. The van der Waals surface area contributed by atoms with Gasteiger partial charge in [-0.2, -0.15) is 4.99 Å². The second-order valence-electron chi connectivity index (χ2n) is 6.07. The molecule has 0 N–H and O–H groups in total. The van der Waals surface area contributed by atoms with E-state index in [0.717, 1.165) is 38.4 Å². The van der Waals surface area contributed by atoms with Crippen molar-refractivity contribution in [3.05, 3.63) is 57.9 Å². The molecule has 1 heterocycles. The first-order valence-electron chi connectivity index (χ1n) is 8.33. The molecule has 1 amide bonds. The van der Waals surface area contributed by atoms with Crippen LogP contribution in [0.2, 0.25) is 0 Å². The van der Waals surface area contributed by atoms with E-state index < -0.39 is 0 Å². The van der Waals surface area contributed by atoms with E-state index in [1.807, 2.05) is 37.3 Å². The molecule has 0 spiro atoms. The molecule has 4 nitrogen and oxygen atoms in total. The molecule has 0 unspecified atom stereocenters. The number of carbonyl (C=O) groups is 1. The van der Waals surface area contributed by atoms with Crippen molar-refractivity contribution in [3.8, 4) is 5.75 Å². The number of fused-ring (bicyclic) bond motifs is 1. The van der Waals surface area contributed by atoms with Crippen LogP contribution in [0, 0.1) is 13.8 Å². The summed E-state index contributed by atoms with van der Waals surface area (Å²) in [6.07, 6.45) is 0.327. The van der Waals surface area contributed by atoms with E-state index in [1.54, 1.807) is 7.11 Å². The summed E-state index contributed by atoms with van der Waals surface area (Å²) in [4.78, 5) is 17.6. The highest BCUT2D eigenvalue weighted by molar-refractivity contribution is 7.16. The monoisotopic (exact) mass is 354 g/mol. The number of hydrogen-bond donors (Lipinski definition) is 0. The third-order valence-corrected chi connectivity index (χ3v) is 5.31. The van der Waals surface area contributed by atoms with Crippen LogP contribution in [-0.2, 0) is 17.8 Å². The first-order chi connectivity index (χ1) is 12.0. The number of carbonyl (C=O) groups excluding carboxylic acids is 1. The summed E-state index contributed by atoms with van der Waals surface area (Å²) in [6.45, 7) is 6.91. The average Bonchev–Trinajstić information content (AvgIpc) is 2.93. The Bertz CT molecular complexity index is 999. The lowest BCUT2D eigenvalue weighted by atomic mass is 10.0. The molecule has 0 fully saturated rings. The van der Waals surface area contributed by atoms with Crippen molar-refractivity contribution in [3.63, 3.8) is 0 Å². The van der Waals surface area contributed by atoms with E-state index in [0.29, 0.717) is 6.42 Å². The zero-order chi connectivity index (χ0) is 18.0. The molecule has 25 heavy (non-hydrogen) atoms. The van der Waals surface area contributed by atoms with Crippen LogP contribution in [0.1, 0.15) is 23.6 Å². The van der Waals surface area contributed by atoms with Gasteiger partial charge in [-0.3, -0.25) is 4.79 Å². The SMILES string of the molecule is CCn1c(=NC(=O)Cc2ccc(C)cc2C)sc2cc(OC)ccc21. The quantitative estimate of drug-likeness (QED) is 0.710. The van der Waals surface area contributed by atoms with Gasteiger partial charge in [-0.1, -0.05) is 35.1 Å². The Morgan fingerprint density at radius 3 is 2.68 bits per heavy atom. The maximum Gasteiger partial charge on any atom is 0.252 e. The number of ether oxygens (including phenoxy) is 1. The zero-order valence-corrected chi connectivity index (χ0v) is 15.8.